The van der Waals surface area contributed by atoms with E-state index in [-0.39, 0.29) is 12.5 Å². The number of fused-ring (bicyclic) bond motifs is 2. The molecule has 0 aliphatic rings. The molecule has 2 heterocycles. The molecule has 4 rings (SSSR count). The number of carbonyl (C=O) groups is 1. The number of rotatable bonds is 6. The summed E-state index contributed by atoms with van der Waals surface area (Å²) in [6, 6.07) is 18.1. The molecule has 0 saturated heterocycles. The number of ether oxygens (including phenoxy) is 1. The first kappa shape index (κ1) is 17.0. The molecule has 2 aromatic heterocycles. The number of nitrogens with one attached hydrogen (secondary N) is 1. The number of carbonyl (C=O) groups excluding carboxylic acids is 1. The maximum absolute atomic E-state index is 11.7. The van der Waals surface area contributed by atoms with Gasteiger partial charge in [0.15, 0.2) is 0 Å². The molecule has 6 nitrogen and oxygen atoms in total. The van der Waals surface area contributed by atoms with Crippen molar-refractivity contribution in [2.75, 3.05) is 18.5 Å². The average Bonchev–Trinajstić information content (AvgIpc) is 3.04. The van der Waals surface area contributed by atoms with Crippen LogP contribution >= 0.6 is 0 Å². The van der Waals surface area contributed by atoms with Crippen LogP contribution in [0.15, 0.2) is 60.8 Å². The Labute approximate surface area is 156 Å². The highest BCUT2D eigenvalue weighted by Crippen LogP contribution is 2.24. The van der Waals surface area contributed by atoms with E-state index in [1.807, 2.05) is 36.4 Å². The first-order chi connectivity index (χ1) is 13.3. The Kier molecular flexibility index (Phi) is 4.70. The number of benzene rings is 2. The molecular weight excluding hydrogens is 340 g/mol. The highest BCUT2D eigenvalue weighted by molar-refractivity contribution is 5.83. The minimum absolute atomic E-state index is 0.0744. The molecule has 0 spiro atoms. The third-order valence-electron chi connectivity index (χ3n) is 4.40. The van der Waals surface area contributed by atoms with E-state index >= 15 is 0 Å². The van der Waals surface area contributed by atoms with Gasteiger partial charge in [0.25, 0.3) is 0 Å². The van der Waals surface area contributed by atoms with E-state index in [1.165, 1.54) is 0 Å². The van der Waals surface area contributed by atoms with Crippen molar-refractivity contribution in [1.29, 1.82) is 0 Å². The number of pyridine rings is 1. The molecule has 4 aromatic rings. The molecule has 0 radical (unpaired) electrons. The van der Waals surface area contributed by atoms with Gasteiger partial charge in [-0.1, -0.05) is 36.4 Å². The number of imidazole rings is 1. The van der Waals surface area contributed by atoms with Gasteiger partial charge in [-0.2, -0.15) is 0 Å². The van der Waals surface area contributed by atoms with Gasteiger partial charge in [-0.3, -0.25) is 9.78 Å². The van der Waals surface area contributed by atoms with Crippen molar-refractivity contribution in [2.24, 2.45) is 0 Å². The van der Waals surface area contributed by atoms with Crippen molar-refractivity contribution >= 4 is 33.9 Å². The van der Waals surface area contributed by atoms with Gasteiger partial charge in [-0.05, 0) is 30.7 Å². The van der Waals surface area contributed by atoms with Crippen LogP contribution in [0.1, 0.15) is 12.5 Å². The first-order valence-corrected chi connectivity index (χ1v) is 8.93. The zero-order valence-corrected chi connectivity index (χ0v) is 15.1. The molecule has 6 heteroatoms. The monoisotopic (exact) mass is 360 g/mol. The van der Waals surface area contributed by atoms with E-state index in [4.69, 9.17) is 4.74 Å². The largest absolute Gasteiger partial charge is 0.465 e. The van der Waals surface area contributed by atoms with Gasteiger partial charge in [-0.25, -0.2) is 4.98 Å². The summed E-state index contributed by atoms with van der Waals surface area (Å²) >= 11 is 0. The molecule has 0 aliphatic heterocycles. The Morgan fingerprint density at radius 2 is 1.96 bits per heavy atom. The zero-order valence-electron chi connectivity index (χ0n) is 15.1. The number of nitrogens with zero attached hydrogens (tertiary/aromatic N) is 3. The molecule has 0 aliphatic carbocycles. The van der Waals surface area contributed by atoms with Crippen LogP contribution in [0.25, 0.3) is 21.9 Å². The van der Waals surface area contributed by atoms with Crippen molar-refractivity contribution < 1.29 is 9.53 Å². The molecule has 0 atom stereocenters. The second-order valence-electron chi connectivity index (χ2n) is 6.16. The fourth-order valence-corrected chi connectivity index (χ4v) is 3.20. The van der Waals surface area contributed by atoms with Crippen LogP contribution in [0.2, 0.25) is 0 Å². The lowest BCUT2D eigenvalue weighted by Crippen LogP contribution is -2.19. The minimum Gasteiger partial charge on any atom is -0.465 e. The number of hydrogen-bond donors (Lipinski definition) is 1. The van der Waals surface area contributed by atoms with Gasteiger partial charge < -0.3 is 14.6 Å². The van der Waals surface area contributed by atoms with E-state index in [9.17, 15) is 4.79 Å². The molecular formula is C21H20N4O2. The van der Waals surface area contributed by atoms with Crippen molar-refractivity contribution in [3.63, 3.8) is 0 Å². The molecule has 1 N–H and O–H groups in total. The van der Waals surface area contributed by atoms with Gasteiger partial charge >= 0.3 is 5.97 Å². The van der Waals surface area contributed by atoms with Gasteiger partial charge in [-0.15, -0.1) is 0 Å². The van der Waals surface area contributed by atoms with Gasteiger partial charge in [0.1, 0.15) is 6.54 Å². The smallest absolute Gasteiger partial charge is 0.325 e. The number of hydrogen-bond acceptors (Lipinski definition) is 5. The van der Waals surface area contributed by atoms with Crippen LogP contribution < -0.4 is 5.32 Å². The van der Waals surface area contributed by atoms with E-state index in [2.05, 4.69) is 38.1 Å². The Morgan fingerprint density at radius 1 is 1.11 bits per heavy atom. The second-order valence-corrected chi connectivity index (χ2v) is 6.16. The summed E-state index contributed by atoms with van der Waals surface area (Å²) in [5.74, 6) is 0.333. The van der Waals surface area contributed by atoms with Gasteiger partial charge in [0, 0.05) is 11.6 Å². The lowest BCUT2D eigenvalue weighted by molar-refractivity contribution is -0.140. The fourth-order valence-electron chi connectivity index (χ4n) is 3.20. The van der Waals surface area contributed by atoms with Crippen molar-refractivity contribution in [3.05, 3.63) is 66.4 Å². The molecule has 2 aromatic carbocycles. The van der Waals surface area contributed by atoms with E-state index in [1.54, 1.807) is 13.1 Å². The number of para-hydroxylation sites is 3. The standard InChI is InChI=1S/C21H20N4O2/c1-2-27-19(26)13-23-21-24-17-10-3-4-11-18(17)25(21)14-16-8-5-7-15-9-6-12-22-20(15)16/h3-12H,2,13-14H2,1H3,(H,23,24). The summed E-state index contributed by atoms with van der Waals surface area (Å²) in [6.07, 6.45) is 1.80. The summed E-state index contributed by atoms with van der Waals surface area (Å²) in [5, 5.41) is 4.21. The third kappa shape index (κ3) is 3.46. The first-order valence-electron chi connectivity index (χ1n) is 8.93. The Balaban J connectivity index is 1.73. The molecule has 0 unspecified atom stereocenters. The zero-order chi connectivity index (χ0) is 18.6. The molecule has 27 heavy (non-hydrogen) atoms. The maximum atomic E-state index is 11.7. The van der Waals surface area contributed by atoms with Crippen LogP contribution in [-0.2, 0) is 16.1 Å². The number of aromatic nitrogens is 3. The molecule has 136 valence electrons. The van der Waals surface area contributed by atoms with Gasteiger partial charge in [0.05, 0.1) is 29.7 Å². The predicted octanol–water partition coefficient (Wildman–Crippen LogP) is 3.61. The summed E-state index contributed by atoms with van der Waals surface area (Å²) in [4.78, 5) is 20.9. The quantitative estimate of drug-likeness (QED) is 0.532. The molecule has 0 amide bonds. The topological polar surface area (TPSA) is 69.0 Å². The summed E-state index contributed by atoms with van der Waals surface area (Å²) in [7, 11) is 0. The predicted molar refractivity (Wildman–Crippen MR) is 106 cm³/mol. The Bertz CT molecular complexity index is 1100. The SMILES string of the molecule is CCOC(=O)CNc1nc2ccccc2n1Cc1cccc2cccnc12. The van der Waals surface area contributed by atoms with E-state index in [0.717, 1.165) is 27.5 Å². The van der Waals surface area contributed by atoms with Crippen LogP contribution in [0.4, 0.5) is 5.95 Å². The van der Waals surface area contributed by atoms with E-state index in [0.29, 0.717) is 19.1 Å². The average molecular weight is 360 g/mol. The fraction of sp³-hybridized carbons (Fsp3) is 0.190. The Morgan fingerprint density at radius 3 is 2.85 bits per heavy atom. The van der Waals surface area contributed by atoms with E-state index < -0.39 is 0 Å². The van der Waals surface area contributed by atoms with Crippen LogP contribution in [-0.4, -0.2) is 33.7 Å². The minimum atomic E-state index is -0.303. The summed E-state index contributed by atoms with van der Waals surface area (Å²) < 4.78 is 7.07. The van der Waals surface area contributed by atoms with Gasteiger partial charge in [0.2, 0.25) is 5.95 Å². The number of anilines is 1. The molecule has 0 bridgehead atoms. The molecule has 0 saturated carbocycles. The Hall–Kier alpha value is -3.41. The van der Waals surface area contributed by atoms with Crippen molar-refractivity contribution in [1.82, 2.24) is 14.5 Å². The van der Waals surface area contributed by atoms with Crippen LogP contribution in [0.3, 0.4) is 0 Å². The summed E-state index contributed by atoms with van der Waals surface area (Å²) in [5.41, 5.74) is 3.93. The lowest BCUT2D eigenvalue weighted by Gasteiger charge is -2.12. The van der Waals surface area contributed by atoms with Crippen molar-refractivity contribution in [3.8, 4) is 0 Å². The lowest BCUT2D eigenvalue weighted by atomic mass is 10.1. The highest BCUT2D eigenvalue weighted by atomic mass is 16.5. The van der Waals surface area contributed by atoms with Crippen LogP contribution in [0.5, 0.6) is 0 Å². The third-order valence-corrected chi connectivity index (χ3v) is 4.40. The van der Waals surface area contributed by atoms with Crippen molar-refractivity contribution in [2.45, 2.75) is 13.5 Å². The molecule has 0 fully saturated rings. The van der Waals surface area contributed by atoms with Crippen LogP contribution in [0, 0.1) is 0 Å². The number of esters is 1. The maximum Gasteiger partial charge on any atom is 0.325 e. The normalized spacial score (nSPS) is 11.0. The second kappa shape index (κ2) is 7.45. The summed E-state index contributed by atoms with van der Waals surface area (Å²) in [6.45, 7) is 2.82. The highest BCUT2D eigenvalue weighted by Gasteiger charge is 2.13.